The van der Waals surface area contributed by atoms with Gasteiger partial charge in [0.05, 0.1) is 0 Å². The lowest BCUT2D eigenvalue weighted by Gasteiger charge is -2.47. The lowest BCUT2D eigenvalue weighted by Crippen LogP contribution is -2.63. The van der Waals surface area contributed by atoms with E-state index >= 15 is 0 Å². The van der Waals surface area contributed by atoms with Gasteiger partial charge in [0.1, 0.15) is 0 Å². The number of urea groups is 1. The third-order valence-corrected chi connectivity index (χ3v) is 4.90. The summed E-state index contributed by atoms with van der Waals surface area (Å²) in [7, 11) is 0. The van der Waals surface area contributed by atoms with E-state index in [1.165, 1.54) is 18.7 Å². The zero-order chi connectivity index (χ0) is 16.4. The van der Waals surface area contributed by atoms with Crippen molar-refractivity contribution >= 4 is 11.7 Å². The molecule has 4 rings (SSSR count). The minimum Gasteiger partial charge on any atom is -0.336 e. The number of nitrogens with zero attached hydrogens (tertiary/aromatic N) is 2. The number of carbonyl (C=O) groups is 1. The van der Waals surface area contributed by atoms with E-state index < -0.39 is 0 Å². The molecule has 23 heavy (non-hydrogen) atoms. The molecule has 0 spiro atoms. The molecule has 1 aromatic rings. The molecule has 0 aromatic heterocycles. The van der Waals surface area contributed by atoms with Crippen molar-refractivity contribution in [3.05, 3.63) is 29.8 Å². The quantitative estimate of drug-likeness (QED) is 0.898. The van der Waals surface area contributed by atoms with Crippen LogP contribution in [0.5, 0.6) is 0 Å². The molecule has 1 unspecified atom stereocenters. The van der Waals surface area contributed by atoms with Crippen LogP contribution < -0.4 is 10.6 Å². The summed E-state index contributed by atoms with van der Waals surface area (Å²) in [5.74, 6) is 0. The number of nitrogens with one attached hydrogen (secondary N) is 2. The molecule has 1 aromatic carbocycles. The summed E-state index contributed by atoms with van der Waals surface area (Å²) >= 11 is 0. The van der Waals surface area contributed by atoms with Gasteiger partial charge in [-0.05, 0) is 23.1 Å². The predicted octanol–water partition coefficient (Wildman–Crippen LogP) is 2.11. The fourth-order valence-electron chi connectivity index (χ4n) is 3.36. The molecule has 126 valence electrons. The van der Waals surface area contributed by atoms with E-state index in [9.17, 15) is 4.79 Å². The van der Waals surface area contributed by atoms with Crippen molar-refractivity contribution in [1.82, 2.24) is 15.1 Å². The molecule has 3 heterocycles. The van der Waals surface area contributed by atoms with Gasteiger partial charge in [0.25, 0.3) is 0 Å². The van der Waals surface area contributed by atoms with Crippen LogP contribution in [0, 0.1) is 0 Å². The van der Waals surface area contributed by atoms with Crippen molar-refractivity contribution in [3.63, 3.8) is 0 Å². The fraction of sp³-hybridized carbons (Fsp3) is 0.611. The van der Waals surface area contributed by atoms with E-state index in [0.717, 1.165) is 25.3 Å². The molecule has 5 heteroatoms. The number of amides is 2. The van der Waals surface area contributed by atoms with Crippen molar-refractivity contribution in [2.24, 2.45) is 0 Å². The Bertz CT molecular complexity index is 541. The van der Waals surface area contributed by atoms with E-state index in [0.29, 0.717) is 12.6 Å². The lowest BCUT2D eigenvalue weighted by atomic mass is 9.87. The summed E-state index contributed by atoms with van der Waals surface area (Å²) in [6.45, 7) is 12.9. The van der Waals surface area contributed by atoms with Crippen LogP contribution in [0.1, 0.15) is 26.3 Å². The number of fused-ring (bicyclic) bond motifs is 3. The molecule has 3 aliphatic heterocycles. The molecule has 3 saturated heterocycles. The molecule has 2 amide bonds. The van der Waals surface area contributed by atoms with Crippen LogP contribution in [0.25, 0.3) is 0 Å². The average molecular weight is 316 g/mol. The van der Waals surface area contributed by atoms with Crippen LogP contribution in [-0.2, 0) is 5.41 Å². The van der Waals surface area contributed by atoms with Crippen molar-refractivity contribution in [2.45, 2.75) is 32.2 Å². The zero-order valence-corrected chi connectivity index (χ0v) is 14.4. The largest absolute Gasteiger partial charge is 0.336 e. The van der Waals surface area contributed by atoms with Crippen LogP contribution in [0.3, 0.4) is 0 Å². The van der Waals surface area contributed by atoms with Crippen LogP contribution >= 0.6 is 0 Å². The van der Waals surface area contributed by atoms with Crippen LogP contribution in [0.2, 0.25) is 0 Å². The number of hydrogen-bond donors (Lipinski definition) is 2. The first-order chi connectivity index (χ1) is 10.9. The minimum atomic E-state index is -0.119. The molecule has 5 nitrogen and oxygen atoms in total. The first-order valence-corrected chi connectivity index (χ1v) is 8.53. The summed E-state index contributed by atoms with van der Waals surface area (Å²) in [4.78, 5) is 17.1. The smallest absolute Gasteiger partial charge is 0.319 e. The Hall–Kier alpha value is -1.59. The maximum Gasteiger partial charge on any atom is 0.319 e. The highest BCUT2D eigenvalue weighted by molar-refractivity contribution is 5.89. The number of hydrogen-bond acceptors (Lipinski definition) is 3. The number of benzene rings is 1. The first-order valence-electron chi connectivity index (χ1n) is 8.53. The van der Waals surface area contributed by atoms with Gasteiger partial charge in [-0.25, -0.2) is 4.79 Å². The molecule has 0 aliphatic carbocycles. The van der Waals surface area contributed by atoms with Gasteiger partial charge in [-0.3, -0.25) is 9.80 Å². The Morgan fingerprint density at radius 1 is 1.13 bits per heavy atom. The zero-order valence-electron chi connectivity index (χ0n) is 14.4. The highest BCUT2D eigenvalue weighted by Crippen LogP contribution is 2.23. The molecule has 1 atom stereocenters. The molecule has 3 aliphatic rings. The summed E-state index contributed by atoms with van der Waals surface area (Å²) in [5.41, 5.74) is 2.23. The molecule has 3 fully saturated rings. The molecule has 0 radical (unpaired) electrons. The Morgan fingerprint density at radius 3 is 2.30 bits per heavy atom. The maximum absolute atomic E-state index is 12.1. The van der Waals surface area contributed by atoms with E-state index in [1.807, 2.05) is 12.1 Å². The molecular weight excluding hydrogens is 288 g/mol. The van der Waals surface area contributed by atoms with Crippen LogP contribution in [-0.4, -0.2) is 61.1 Å². The molecule has 2 bridgehead atoms. The molecule has 0 saturated carbocycles. The summed E-state index contributed by atoms with van der Waals surface area (Å²) < 4.78 is 0. The molecule has 2 N–H and O–H groups in total. The van der Waals surface area contributed by atoms with Crippen molar-refractivity contribution in [2.75, 3.05) is 44.6 Å². The Kier molecular flexibility index (Phi) is 4.60. The minimum absolute atomic E-state index is 0.119. The maximum atomic E-state index is 12.1. The topological polar surface area (TPSA) is 47.6 Å². The Labute approximate surface area is 139 Å². The van der Waals surface area contributed by atoms with E-state index in [-0.39, 0.29) is 11.4 Å². The van der Waals surface area contributed by atoms with Crippen LogP contribution in [0.15, 0.2) is 24.3 Å². The third kappa shape index (κ3) is 4.03. The second-order valence-corrected chi connectivity index (χ2v) is 7.65. The summed E-state index contributed by atoms with van der Waals surface area (Å²) in [6, 6.07) is 8.43. The van der Waals surface area contributed by atoms with Gasteiger partial charge in [-0.1, -0.05) is 32.9 Å². The van der Waals surface area contributed by atoms with Crippen molar-refractivity contribution < 1.29 is 4.79 Å². The number of rotatable bonds is 3. The first kappa shape index (κ1) is 16.3. The Morgan fingerprint density at radius 2 is 1.78 bits per heavy atom. The third-order valence-electron chi connectivity index (χ3n) is 4.90. The highest BCUT2D eigenvalue weighted by atomic mass is 16.2. The van der Waals surface area contributed by atoms with E-state index in [4.69, 9.17) is 0 Å². The molecular formula is C18H28N4O. The SMILES string of the molecule is CC(C)(C)c1ccc(NC(=O)NCC2CN3CCN2CC3)cc1. The second-order valence-electron chi connectivity index (χ2n) is 7.65. The van der Waals surface area contributed by atoms with Gasteiger partial charge in [0.15, 0.2) is 0 Å². The van der Waals surface area contributed by atoms with Gasteiger partial charge >= 0.3 is 6.03 Å². The average Bonchev–Trinajstić information content (AvgIpc) is 2.54. The van der Waals surface area contributed by atoms with Gasteiger partial charge < -0.3 is 10.6 Å². The van der Waals surface area contributed by atoms with Crippen molar-refractivity contribution in [3.8, 4) is 0 Å². The summed E-state index contributed by atoms with van der Waals surface area (Å²) in [6.07, 6.45) is 0. The monoisotopic (exact) mass is 316 g/mol. The van der Waals surface area contributed by atoms with E-state index in [1.54, 1.807) is 0 Å². The lowest BCUT2D eigenvalue weighted by molar-refractivity contribution is 0.0149. The predicted molar refractivity (Wildman–Crippen MR) is 94.0 cm³/mol. The second kappa shape index (κ2) is 6.49. The van der Waals surface area contributed by atoms with Crippen LogP contribution in [0.4, 0.5) is 10.5 Å². The van der Waals surface area contributed by atoms with Crippen molar-refractivity contribution in [1.29, 1.82) is 0 Å². The van der Waals surface area contributed by atoms with E-state index in [2.05, 4.69) is 53.3 Å². The normalized spacial score (nSPS) is 26.8. The summed E-state index contributed by atoms with van der Waals surface area (Å²) in [5, 5.41) is 5.93. The standard InChI is InChI=1S/C18H28N4O/c1-18(2,3)14-4-6-15(7-5-14)20-17(23)19-12-16-13-21-8-10-22(16)11-9-21/h4-7,16H,8-13H2,1-3H3,(H2,19,20,23). The Balaban J connectivity index is 1.48. The van der Waals surface area contributed by atoms with Gasteiger partial charge in [-0.2, -0.15) is 0 Å². The van der Waals surface area contributed by atoms with Gasteiger partial charge in [0, 0.05) is 51.0 Å². The highest BCUT2D eigenvalue weighted by Gasteiger charge is 2.31. The van der Waals surface area contributed by atoms with Gasteiger partial charge in [-0.15, -0.1) is 0 Å². The number of carbonyl (C=O) groups excluding carboxylic acids is 1. The fourth-order valence-corrected chi connectivity index (χ4v) is 3.36. The van der Waals surface area contributed by atoms with Gasteiger partial charge in [0.2, 0.25) is 0 Å². The number of anilines is 1. The number of piperazine rings is 3.